The largest absolute Gasteiger partial charge is 0.497 e. The van der Waals surface area contributed by atoms with Crippen LogP contribution in [0.5, 0.6) is 5.75 Å². The van der Waals surface area contributed by atoms with Gasteiger partial charge in [-0.1, -0.05) is 24.4 Å². The zero-order valence-electron chi connectivity index (χ0n) is 11.8. The quantitative estimate of drug-likeness (QED) is 0.849. The van der Waals surface area contributed by atoms with Gasteiger partial charge in [-0.2, -0.15) is 0 Å². The third-order valence-electron chi connectivity index (χ3n) is 3.73. The van der Waals surface area contributed by atoms with Crippen LogP contribution in [0.3, 0.4) is 0 Å². The molecule has 3 N–H and O–H groups in total. The van der Waals surface area contributed by atoms with Crippen LogP contribution in [0.2, 0.25) is 5.02 Å². The summed E-state index contributed by atoms with van der Waals surface area (Å²) < 4.78 is 32.9. The van der Waals surface area contributed by atoms with Crippen LogP contribution < -0.4 is 15.2 Å². The average molecular weight is 355 g/mol. The molecule has 1 aliphatic carbocycles. The second-order valence-electron chi connectivity index (χ2n) is 5.09. The molecule has 1 aromatic rings. The minimum atomic E-state index is -3.72. The number of hydrogen-bond donors (Lipinski definition) is 2. The Morgan fingerprint density at radius 3 is 2.52 bits per heavy atom. The summed E-state index contributed by atoms with van der Waals surface area (Å²) >= 11 is 6.01. The molecule has 0 spiro atoms. The zero-order chi connectivity index (χ0) is 14.8. The van der Waals surface area contributed by atoms with E-state index in [9.17, 15) is 8.42 Å². The highest BCUT2D eigenvalue weighted by atomic mass is 35.5. The number of ether oxygens (including phenoxy) is 1. The van der Waals surface area contributed by atoms with Gasteiger partial charge in [0.15, 0.2) is 0 Å². The van der Waals surface area contributed by atoms with E-state index >= 15 is 0 Å². The molecule has 0 radical (unpaired) electrons. The summed E-state index contributed by atoms with van der Waals surface area (Å²) in [4.78, 5) is 0.0261. The number of nitrogens with two attached hydrogens (primary N) is 1. The Morgan fingerprint density at radius 1 is 1.38 bits per heavy atom. The highest BCUT2D eigenvalue weighted by molar-refractivity contribution is 7.89. The number of halogens is 2. The second-order valence-corrected chi connectivity index (χ2v) is 7.15. The van der Waals surface area contributed by atoms with Crippen molar-refractivity contribution in [3.8, 4) is 5.75 Å². The minimum absolute atomic E-state index is 0. The summed E-state index contributed by atoms with van der Waals surface area (Å²) in [5, 5.41) is 0.170. The van der Waals surface area contributed by atoms with Crippen LogP contribution in [0.15, 0.2) is 23.1 Å². The van der Waals surface area contributed by atoms with Gasteiger partial charge in [0.25, 0.3) is 0 Å². The van der Waals surface area contributed by atoms with E-state index in [1.54, 1.807) is 6.07 Å². The topological polar surface area (TPSA) is 81.4 Å². The van der Waals surface area contributed by atoms with E-state index < -0.39 is 15.6 Å². The maximum atomic E-state index is 12.5. The van der Waals surface area contributed by atoms with E-state index in [-0.39, 0.29) is 28.9 Å². The third-order valence-corrected chi connectivity index (χ3v) is 5.79. The first-order valence-electron chi connectivity index (χ1n) is 6.50. The van der Waals surface area contributed by atoms with Crippen molar-refractivity contribution in [2.75, 3.05) is 13.7 Å². The molecular formula is C13H20Cl2N2O3S. The van der Waals surface area contributed by atoms with Crippen molar-refractivity contribution < 1.29 is 13.2 Å². The molecular weight excluding hydrogens is 335 g/mol. The summed E-state index contributed by atoms with van der Waals surface area (Å²) in [7, 11) is -2.24. The standard InChI is InChI=1S/C13H19ClN2O3S.ClH/c1-19-10-4-5-11(14)12(8-10)20(17,18)16-13(9-15)6-2-3-7-13;/h4-5,8,16H,2-3,6-7,9,15H2,1H3;1H. The van der Waals surface area contributed by atoms with E-state index in [4.69, 9.17) is 22.1 Å². The van der Waals surface area contributed by atoms with E-state index in [1.807, 2.05) is 0 Å². The Labute approximate surface area is 136 Å². The van der Waals surface area contributed by atoms with Gasteiger partial charge in [0.2, 0.25) is 10.0 Å². The van der Waals surface area contributed by atoms with Gasteiger partial charge in [-0.05, 0) is 25.0 Å². The van der Waals surface area contributed by atoms with Crippen LogP contribution in [0.1, 0.15) is 25.7 Å². The lowest BCUT2D eigenvalue weighted by Crippen LogP contribution is -2.51. The van der Waals surface area contributed by atoms with Crippen molar-refractivity contribution in [2.45, 2.75) is 36.1 Å². The van der Waals surface area contributed by atoms with Crippen LogP contribution in [0.4, 0.5) is 0 Å². The van der Waals surface area contributed by atoms with Gasteiger partial charge in [0, 0.05) is 18.2 Å². The van der Waals surface area contributed by atoms with E-state index in [0.29, 0.717) is 5.75 Å². The fraction of sp³-hybridized carbons (Fsp3) is 0.538. The van der Waals surface area contributed by atoms with Gasteiger partial charge in [0.05, 0.1) is 12.1 Å². The van der Waals surface area contributed by atoms with Crippen molar-refractivity contribution in [1.29, 1.82) is 0 Å². The first-order valence-corrected chi connectivity index (χ1v) is 8.36. The number of nitrogens with one attached hydrogen (secondary N) is 1. The molecule has 0 aliphatic heterocycles. The fourth-order valence-corrected chi connectivity index (χ4v) is 4.54. The number of methoxy groups -OCH3 is 1. The van der Waals surface area contributed by atoms with Crippen LogP contribution in [-0.4, -0.2) is 27.6 Å². The lowest BCUT2D eigenvalue weighted by atomic mass is 10.0. The van der Waals surface area contributed by atoms with Gasteiger partial charge in [-0.15, -0.1) is 12.4 Å². The highest BCUT2D eigenvalue weighted by Gasteiger charge is 2.37. The molecule has 0 bridgehead atoms. The summed E-state index contributed by atoms with van der Waals surface area (Å²) in [5.41, 5.74) is 5.21. The molecule has 1 aliphatic rings. The molecule has 1 fully saturated rings. The lowest BCUT2D eigenvalue weighted by molar-refractivity contribution is 0.398. The Morgan fingerprint density at radius 2 is 2.00 bits per heavy atom. The van der Waals surface area contributed by atoms with Crippen LogP contribution >= 0.6 is 24.0 Å². The molecule has 21 heavy (non-hydrogen) atoms. The summed E-state index contributed by atoms with van der Waals surface area (Å²) in [6.45, 7) is 0.286. The molecule has 0 amide bonds. The Kier molecular flexibility index (Phi) is 6.31. The average Bonchev–Trinajstić information content (AvgIpc) is 2.87. The smallest absolute Gasteiger partial charge is 0.242 e. The molecule has 5 nitrogen and oxygen atoms in total. The van der Waals surface area contributed by atoms with Crippen molar-refractivity contribution in [3.63, 3.8) is 0 Å². The highest BCUT2D eigenvalue weighted by Crippen LogP contribution is 2.32. The third kappa shape index (κ3) is 4.02. The SMILES string of the molecule is COc1ccc(Cl)c(S(=O)(=O)NC2(CN)CCCC2)c1.Cl. The fourth-order valence-electron chi connectivity index (χ4n) is 2.56. The van der Waals surface area contributed by atoms with Gasteiger partial charge in [-0.3, -0.25) is 0 Å². The van der Waals surface area contributed by atoms with Crippen molar-refractivity contribution in [1.82, 2.24) is 4.72 Å². The molecule has 0 unspecified atom stereocenters. The number of benzene rings is 1. The molecule has 2 rings (SSSR count). The molecule has 0 aromatic heterocycles. The Hall–Kier alpha value is -0.530. The van der Waals surface area contributed by atoms with E-state index in [1.165, 1.54) is 19.2 Å². The normalized spacial score (nSPS) is 17.3. The van der Waals surface area contributed by atoms with Crippen LogP contribution in [0.25, 0.3) is 0 Å². The second kappa shape index (κ2) is 7.15. The molecule has 1 saturated carbocycles. The van der Waals surface area contributed by atoms with Gasteiger partial charge in [-0.25, -0.2) is 13.1 Å². The first-order chi connectivity index (χ1) is 9.42. The predicted octanol–water partition coefficient (Wildman–Crippen LogP) is 2.32. The maximum Gasteiger partial charge on any atom is 0.242 e. The molecule has 120 valence electrons. The molecule has 0 atom stereocenters. The predicted molar refractivity (Wildman–Crippen MR) is 85.8 cm³/mol. The lowest BCUT2D eigenvalue weighted by Gasteiger charge is -2.28. The molecule has 0 heterocycles. The molecule has 0 saturated heterocycles. The minimum Gasteiger partial charge on any atom is -0.497 e. The van der Waals surface area contributed by atoms with Gasteiger partial charge < -0.3 is 10.5 Å². The van der Waals surface area contributed by atoms with Crippen molar-refractivity contribution >= 4 is 34.0 Å². The molecule has 1 aromatic carbocycles. The Bertz CT molecular complexity index is 587. The van der Waals surface area contributed by atoms with Crippen LogP contribution in [-0.2, 0) is 10.0 Å². The number of hydrogen-bond acceptors (Lipinski definition) is 4. The van der Waals surface area contributed by atoms with E-state index in [0.717, 1.165) is 25.7 Å². The van der Waals surface area contributed by atoms with Gasteiger partial charge >= 0.3 is 0 Å². The van der Waals surface area contributed by atoms with Crippen molar-refractivity contribution in [3.05, 3.63) is 23.2 Å². The van der Waals surface area contributed by atoms with Crippen LogP contribution in [0, 0.1) is 0 Å². The summed E-state index contributed by atoms with van der Waals surface area (Å²) in [6.07, 6.45) is 3.46. The summed E-state index contributed by atoms with van der Waals surface area (Å²) in [5.74, 6) is 0.447. The maximum absolute atomic E-state index is 12.5. The van der Waals surface area contributed by atoms with Crippen molar-refractivity contribution in [2.24, 2.45) is 5.73 Å². The monoisotopic (exact) mass is 354 g/mol. The summed E-state index contributed by atoms with van der Waals surface area (Å²) in [6, 6.07) is 4.55. The zero-order valence-corrected chi connectivity index (χ0v) is 14.2. The number of sulfonamides is 1. The Balaban J connectivity index is 0.00000220. The van der Waals surface area contributed by atoms with E-state index in [2.05, 4.69) is 4.72 Å². The molecule has 8 heteroatoms. The first kappa shape index (κ1) is 18.5. The van der Waals surface area contributed by atoms with Gasteiger partial charge in [0.1, 0.15) is 10.6 Å². The number of rotatable bonds is 5.